The van der Waals surface area contributed by atoms with Crippen LogP contribution in [0.15, 0.2) is 81.2 Å². The maximum Gasteiger partial charge on any atom is 0.132 e. The summed E-state index contributed by atoms with van der Waals surface area (Å²) in [4.78, 5) is 16.6. The average molecular weight is 839 g/mol. The first-order valence-corrected chi connectivity index (χ1v) is 25.6. The van der Waals surface area contributed by atoms with Gasteiger partial charge in [-0.05, 0) is 177 Å². The minimum atomic E-state index is 0.412. The molecule has 2 aromatic carbocycles. The van der Waals surface area contributed by atoms with E-state index in [4.69, 9.17) is 0 Å². The number of Topliss-reactive ketones (excluding diaryl/α,β-unsaturated/α-hetero) is 1. The van der Waals surface area contributed by atoms with Gasteiger partial charge in [-0.3, -0.25) is 4.79 Å². The molecular weight excluding hydrogens is 781 g/mol. The van der Waals surface area contributed by atoms with E-state index in [2.05, 4.69) is 97.7 Å². The molecule has 0 N–H and O–H groups in total. The van der Waals surface area contributed by atoms with E-state index in [1.807, 2.05) is 59.2 Å². The van der Waals surface area contributed by atoms with Crippen molar-refractivity contribution in [1.82, 2.24) is 0 Å². The number of allylic oxidation sites excluding steroid dienone is 2. The van der Waals surface area contributed by atoms with Gasteiger partial charge in [0, 0.05) is 54.6 Å². The molecule has 10 rings (SSSR count). The zero-order valence-electron chi connectivity index (χ0n) is 35.4. The zero-order valence-corrected chi connectivity index (χ0v) is 38.6. The third-order valence-electron chi connectivity index (χ3n) is 12.1. The van der Waals surface area contributed by atoms with Crippen molar-refractivity contribution in [2.24, 2.45) is 0 Å². The molecule has 0 bridgehead atoms. The van der Waals surface area contributed by atoms with Crippen molar-refractivity contribution in [2.45, 2.75) is 131 Å². The van der Waals surface area contributed by atoms with Crippen LogP contribution < -0.4 is 0 Å². The third-order valence-corrected chi connectivity index (χ3v) is 16.0. The van der Waals surface area contributed by atoms with Crippen LogP contribution in [0.1, 0.15) is 163 Å². The van der Waals surface area contributed by atoms with Crippen LogP contribution in [0.5, 0.6) is 0 Å². The van der Waals surface area contributed by atoms with Crippen LogP contribution in [0.3, 0.4) is 0 Å². The highest BCUT2D eigenvalue weighted by Crippen LogP contribution is 2.57. The molecule has 0 atom stereocenters. The number of hydrogen-bond acceptors (Lipinski definition) is 5. The molecule has 5 heteroatoms. The number of thiophene rings is 4. The summed E-state index contributed by atoms with van der Waals surface area (Å²) in [7, 11) is 0. The SMILES string of the molecule is CCCC(=O)CCC.CCCC(CCC)=C1c2cc3c(cc2-c2sccc21)C(=C(CCC)CCC)c1ccsc1-3.c1cc2c(s1)-c1cc3c(cc1C2)-c1sccc1C3. The second-order valence-corrected chi connectivity index (χ2v) is 20.0. The van der Waals surface area contributed by atoms with Gasteiger partial charge >= 0.3 is 0 Å². The maximum atomic E-state index is 10.6. The minimum absolute atomic E-state index is 0.412. The van der Waals surface area contributed by atoms with Gasteiger partial charge in [-0.25, -0.2) is 0 Å². The van der Waals surface area contributed by atoms with E-state index in [-0.39, 0.29) is 0 Å². The summed E-state index contributed by atoms with van der Waals surface area (Å²) in [5.41, 5.74) is 24.4. The molecule has 0 radical (unpaired) electrons. The zero-order chi connectivity index (χ0) is 40.3. The summed E-state index contributed by atoms with van der Waals surface area (Å²) in [5, 5.41) is 9.03. The molecule has 0 saturated heterocycles. The standard InChI is InChI=1S/C30H34S2.C16H10S2.C7H14O/c1-5-9-19(10-6-2)27-21-13-15-31-29(21)25-18-24-26(17-23(25)27)30-22(14-16-32-30)28(24)20(11-7-3)12-8-4;1-3-17-15-9(1)5-11-7-14-12(8-13(11)15)6-10-2-4-18-16(10)14;1-3-5-7(8)6-4-2/h13-18H,5-12H2,1-4H3;1-4,7-8H,5-6H2;3-6H2,1-2H3. The monoisotopic (exact) mass is 838 g/mol. The van der Waals surface area contributed by atoms with Crippen LogP contribution in [0.2, 0.25) is 0 Å². The highest BCUT2D eigenvalue weighted by molar-refractivity contribution is 7.15. The predicted molar refractivity (Wildman–Crippen MR) is 258 cm³/mol. The first kappa shape index (κ1) is 41.1. The molecule has 58 heavy (non-hydrogen) atoms. The fourth-order valence-corrected chi connectivity index (χ4v) is 13.6. The molecule has 0 amide bonds. The summed E-state index contributed by atoms with van der Waals surface area (Å²) in [6.45, 7) is 13.4. The molecule has 4 aliphatic rings. The Bertz CT molecular complexity index is 2310. The Morgan fingerprint density at radius 2 is 0.759 bits per heavy atom. The van der Waals surface area contributed by atoms with Crippen molar-refractivity contribution in [2.75, 3.05) is 0 Å². The van der Waals surface area contributed by atoms with Crippen molar-refractivity contribution in [3.05, 3.63) is 126 Å². The number of hydrogen-bond donors (Lipinski definition) is 0. The molecule has 300 valence electrons. The normalized spacial score (nSPS) is 13.0. The van der Waals surface area contributed by atoms with E-state index in [1.54, 1.807) is 22.3 Å². The number of ketones is 1. The summed E-state index contributed by atoms with van der Waals surface area (Å²) >= 11 is 7.63. The van der Waals surface area contributed by atoms with Crippen LogP contribution >= 0.6 is 45.3 Å². The first-order chi connectivity index (χ1) is 28.4. The Kier molecular flexibility index (Phi) is 13.0. The van der Waals surface area contributed by atoms with Gasteiger partial charge in [0.15, 0.2) is 0 Å². The molecule has 0 spiro atoms. The second kappa shape index (κ2) is 18.3. The smallest absolute Gasteiger partial charge is 0.132 e. The third kappa shape index (κ3) is 7.66. The molecule has 4 aromatic heterocycles. The number of carbonyl (C=O) groups excluding carboxylic acids is 1. The highest BCUT2D eigenvalue weighted by atomic mass is 32.1. The summed E-state index contributed by atoms with van der Waals surface area (Å²) in [6.07, 6.45) is 15.5. The van der Waals surface area contributed by atoms with Gasteiger partial charge in [0.1, 0.15) is 5.78 Å². The van der Waals surface area contributed by atoms with Gasteiger partial charge in [-0.2, -0.15) is 0 Å². The van der Waals surface area contributed by atoms with Gasteiger partial charge in [0.05, 0.1) is 0 Å². The van der Waals surface area contributed by atoms with Crippen molar-refractivity contribution in [3.8, 4) is 41.8 Å². The lowest BCUT2D eigenvalue weighted by Crippen LogP contribution is -1.94. The minimum Gasteiger partial charge on any atom is -0.300 e. The Labute approximate surface area is 363 Å². The van der Waals surface area contributed by atoms with Crippen LogP contribution in [-0.4, -0.2) is 5.78 Å². The number of benzene rings is 2. The van der Waals surface area contributed by atoms with E-state index in [1.165, 1.54) is 138 Å². The van der Waals surface area contributed by atoms with Crippen molar-refractivity contribution in [3.63, 3.8) is 0 Å². The van der Waals surface area contributed by atoms with Gasteiger partial charge in [-0.15, -0.1) is 45.3 Å². The van der Waals surface area contributed by atoms with Gasteiger partial charge in [0.25, 0.3) is 0 Å². The number of fused-ring (bicyclic) bond motifs is 12. The average Bonchev–Trinajstić information content (AvgIpc) is 4.07. The molecular formula is C53H58OS4. The molecule has 0 saturated carbocycles. The lowest BCUT2D eigenvalue weighted by atomic mass is 9.89. The molecule has 4 heterocycles. The Balaban J connectivity index is 0.000000150. The molecule has 0 unspecified atom stereocenters. The van der Waals surface area contributed by atoms with E-state index in [0.29, 0.717) is 5.78 Å². The van der Waals surface area contributed by atoms with Crippen molar-refractivity contribution >= 4 is 62.3 Å². The fraction of sp³-hybridized carbons (Fsp3) is 0.377. The Morgan fingerprint density at radius 1 is 0.397 bits per heavy atom. The van der Waals surface area contributed by atoms with Crippen LogP contribution in [-0.2, 0) is 17.6 Å². The lowest BCUT2D eigenvalue weighted by molar-refractivity contribution is -0.119. The van der Waals surface area contributed by atoms with Crippen LogP contribution in [0.4, 0.5) is 0 Å². The van der Waals surface area contributed by atoms with Crippen LogP contribution in [0.25, 0.3) is 52.9 Å². The molecule has 1 nitrogen and oxygen atoms in total. The quantitative estimate of drug-likeness (QED) is 0.120. The summed E-state index contributed by atoms with van der Waals surface area (Å²) < 4.78 is 0. The van der Waals surface area contributed by atoms with E-state index in [9.17, 15) is 4.79 Å². The highest BCUT2D eigenvalue weighted by Gasteiger charge is 2.34. The first-order valence-electron chi connectivity index (χ1n) is 22.0. The Hall–Kier alpha value is -3.61. The summed E-state index contributed by atoms with van der Waals surface area (Å²) in [5.74, 6) is 0.412. The van der Waals surface area contributed by atoms with Crippen molar-refractivity contribution < 1.29 is 4.79 Å². The van der Waals surface area contributed by atoms with Crippen molar-refractivity contribution in [1.29, 1.82) is 0 Å². The molecule has 4 aliphatic carbocycles. The number of carbonyl (C=O) groups is 1. The van der Waals surface area contributed by atoms with Gasteiger partial charge in [0.2, 0.25) is 0 Å². The Morgan fingerprint density at radius 3 is 1.14 bits per heavy atom. The van der Waals surface area contributed by atoms with Gasteiger partial charge in [-0.1, -0.05) is 78.4 Å². The largest absolute Gasteiger partial charge is 0.300 e. The van der Waals surface area contributed by atoms with Gasteiger partial charge < -0.3 is 0 Å². The maximum absolute atomic E-state index is 10.6. The summed E-state index contributed by atoms with van der Waals surface area (Å²) in [6, 6.07) is 19.3. The molecule has 0 aliphatic heterocycles. The second-order valence-electron chi connectivity index (χ2n) is 16.3. The molecule has 0 fully saturated rings. The fourth-order valence-electron chi connectivity index (χ4n) is 9.75. The van der Waals surface area contributed by atoms with Crippen LogP contribution in [0, 0.1) is 0 Å². The van der Waals surface area contributed by atoms with E-state index < -0.39 is 0 Å². The van der Waals surface area contributed by atoms with E-state index in [0.717, 1.165) is 38.5 Å². The topological polar surface area (TPSA) is 17.1 Å². The molecule has 6 aromatic rings. The predicted octanol–water partition coefficient (Wildman–Crippen LogP) is 17.7. The van der Waals surface area contributed by atoms with E-state index >= 15 is 0 Å². The number of rotatable bonds is 12. The lowest BCUT2D eigenvalue weighted by Gasteiger charge is -2.15.